The Kier molecular flexibility index (Phi) is 4.78. The first-order valence-electron chi connectivity index (χ1n) is 3.85. The summed E-state index contributed by atoms with van der Waals surface area (Å²) in [6.45, 7) is 1.89. The van der Waals surface area contributed by atoms with Crippen LogP contribution in [0.2, 0.25) is 0 Å². The van der Waals surface area contributed by atoms with E-state index in [-0.39, 0.29) is 0 Å². The zero-order chi connectivity index (χ0) is 10.4. The SMILES string of the molecule is CCC[C@H](N)C(=O)ON(N)C(=N)N. The van der Waals surface area contributed by atoms with Gasteiger partial charge in [-0.1, -0.05) is 13.3 Å². The fraction of sp³-hybridized carbons (Fsp3) is 0.667. The summed E-state index contributed by atoms with van der Waals surface area (Å²) >= 11 is 0. The first-order chi connectivity index (χ1) is 5.99. The van der Waals surface area contributed by atoms with Crippen molar-refractivity contribution in [1.82, 2.24) is 5.17 Å². The summed E-state index contributed by atoms with van der Waals surface area (Å²) in [4.78, 5) is 15.5. The second-order valence-corrected chi connectivity index (χ2v) is 2.52. The average molecular weight is 189 g/mol. The number of hydrogen-bond acceptors (Lipinski definition) is 5. The molecule has 7 nitrogen and oxygen atoms in total. The van der Waals surface area contributed by atoms with E-state index in [1.165, 1.54) is 0 Å². The van der Waals surface area contributed by atoms with Crippen molar-refractivity contribution in [3.63, 3.8) is 0 Å². The molecule has 0 rings (SSSR count). The molecule has 0 aliphatic rings. The van der Waals surface area contributed by atoms with Crippen LogP contribution in [0.4, 0.5) is 0 Å². The number of nitrogens with zero attached hydrogens (tertiary/aromatic N) is 1. The number of nitrogens with one attached hydrogen (secondary N) is 1. The van der Waals surface area contributed by atoms with E-state index in [1.807, 2.05) is 6.92 Å². The molecule has 0 aliphatic heterocycles. The lowest BCUT2D eigenvalue weighted by atomic mass is 10.2. The van der Waals surface area contributed by atoms with Crippen molar-refractivity contribution >= 4 is 11.9 Å². The van der Waals surface area contributed by atoms with E-state index < -0.39 is 18.0 Å². The molecule has 7 N–H and O–H groups in total. The van der Waals surface area contributed by atoms with Gasteiger partial charge in [0.05, 0.1) is 0 Å². The van der Waals surface area contributed by atoms with Gasteiger partial charge >= 0.3 is 5.97 Å². The summed E-state index contributed by atoms with van der Waals surface area (Å²) in [5, 5.41) is 7.17. The molecule has 0 amide bonds. The highest BCUT2D eigenvalue weighted by Gasteiger charge is 2.17. The largest absolute Gasteiger partial charge is 0.366 e. The van der Waals surface area contributed by atoms with Gasteiger partial charge in [-0.05, 0) is 6.42 Å². The van der Waals surface area contributed by atoms with Crippen LogP contribution in [0.25, 0.3) is 0 Å². The summed E-state index contributed by atoms with van der Waals surface area (Å²) in [6, 6.07) is -0.726. The lowest BCUT2D eigenvalue weighted by Gasteiger charge is -2.16. The minimum Gasteiger partial charge on any atom is -0.366 e. The summed E-state index contributed by atoms with van der Waals surface area (Å²) in [5.41, 5.74) is 10.3. The second-order valence-electron chi connectivity index (χ2n) is 2.52. The molecule has 0 fully saturated rings. The smallest absolute Gasteiger partial charge is 0.350 e. The van der Waals surface area contributed by atoms with E-state index in [0.717, 1.165) is 6.42 Å². The number of carbonyl (C=O) groups excluding carboxylic acids is 1. The first-order valence-corrected chi connectivity index (χ1v) is 3.85. The van der Waals surface area contributed by atoms with Gasteiger partial charge in [-0.25, -0.2) is 10.6 Å². The molecule has 7 heteroatoms. The van der Waals surface area contributed by atoms with Crippen molar-refractivity contribution in [3.05, 3.63) is 0 Å². The van der Waals surface area contributed by atoms with Gasteiger partial charge in [0.15, 0.2) is 0 Å². The zero-order valence-electron chi connectivity index (χ0n) is 7.49. The maximum atomic E-state index is 11.0. The average Bonchev–Trinajstić information content (AvgIpc) is 2.04. The maximum absolute atomic E-state index is 11.0. The number of carbonyl (C=O) groups is 1. The Morgan fingerprint density at radius 2 is 2.23 bits per heavy atom. The number of hydroxylamine groups is 1. The van der Waals surface area contributed by atoms with Gasteiger partial charge in [0.25, 0.3) is 0 Å². The van der Waals surface area contributed by atoms with Crippen LogP contribution < -0.4 is 17.3 Å². The highest BCUT2D eigenvalue weighted by molar-refractivity contribution is 5.79. The van der Waals surface area contributed by atoms with Crippen molar-refractivity contribution in [3.8, 4) is 0 Å². The number of nitrogens with two attached hydrogens (primary N) is 3. The summed E-state index contributed by atoms with van der Waals surface area (Å²) in [7, 11) is 0. The first kappa shape index (κ1) is 11.7. The minimum absolute atomic E-state index is 0.373. The van der Waals surface area contributed by atoms with Crippen molar-refractivity contribution in [1.29, 1.82) is 5.41 Å². The molecule has 0 bridgehead atoms. The molecule has 0 saturated carbocycles. The number of hydrogen-bond donors (Lipinski definition) is 4. The van der Waals surface area contributed by atoms with E-state index in [9.17, 15) is 4.79 Å². The van der Waals surface area contributed by atoms with Crippen molar-refractivity contribution < 1.29 is 9.63 Å². The summed E-state index contributed by atoms with van der Waals surface area (Å²) < 4.78 is 0. The summed E-state index contributed by atoms with van der Waals surface area (Å²) in [5.74, 6) is 3.78. The standard InChI is InChI=1S/C6H15N5O2/c1-2-3-4(7)5(12)13-11(10)6(8)9/h4H,2-3,7,10H2,1H3,(H3,8,9)/t4-/m0/s1. The monoisotopic (exact) mass is 189 g/mol. The molecule has 13 heavy (non-hydrogen) atoms. The molecule has 0 spiro atoms. The highest BCUT2D eigenvalue weighted by Crippen LogP contribution is 1.96. The highest BCUT2D eigenvalue weighted by atomic mass is 16.7. The second kappa shape index (κ2) is 5.33. The molecule has 0 unspecified atom stereocenters. The van der Waals surface area contributed by atoms with Gasteiger partial charge in [0.2, 0.25) is 5.96 Å². The van der Waals surface area contributed by atoms with E-state index >= 15 is 0 Å². The Hall–Kier alpha value is -1.34. The fourth-order valence-electron chi connectivity index (χ4n) is 0.643. The Labute approximate surface area is 76.2 Å². The minimum atomic E-state index is -0.726. The molecule has 0 aromatic carbocycles. The molecule has 76 valence electrons. The van der Waals surface area contributed by atoms with Crippen LogP contribution in [0.1, 0.15) is 19.8 Å². The predicted molar refractivity (Wildman–Crippen MR) is 46.9 cm³/mol. The molecule has 1 atom stereocenters. The predicted octanol–water partition coefficient (Wildman–Crippen LogP) is -1.36. The van der Waals surface area contributed by atoms with Crippen molar-refractivity contribution in [2.45, 2.75) is 25.8 Å². The Morgan fingerprint density at radius 1 is 1.69 bits per heavy atom. The Bertz CT molecular complexity index is 195. The van der Waals surface area contributed by atoms with Crippen LogP contribution in [0, 0.1) is 5.41 Å². The molecule has 0 aromatic heterocycles. The molecule has 0 aromatic rings. The summed E-state index contributed by atoms with van der Waals surface area (Å²) in [6.07, 6.45) is 1.27. The third-order valence-electron chi connectivity index (χ3n) is 1.33. The van der Waals surface area contributed by atoms with Crippen LogP contribution in [0.5, 0.6) is 0 Å². The number of hydrazine groups is 1. The normalized spacial score (nSPS) is 11.9. The van der Waals surface area contributed by atoms with E-state index in [4.69, 9.17) is 22.7 Å². The van der Waals surface area contributed by atoms with Gasteiger partial charge < -0.3 is 16.3 Å². The topological polar surface area (TPSA) is 131 Å². The van der Waals surface area contributed by atoms with Gasteiger partial charge in [0, 0.05) is 0 Å². The quantitative estimate of drug-likeness (QED) is 0.188. The van der Waals surface area contributed by atoms with Gasteiger partial charge in [-0.2, -0.15) is 0 Å². The lowest BCUT2D eigenvalue weighted by molar-refractivity contribution is -0.175. The fourth-order valence-corrected chi connectivity index (χ4v) is 0.643. The third-order valence-corrected chi connectivity index (χ3v) is 1.33. The molecule has 0 saturated heterocycles. The van der Waals surface area contributed by atoms with Crippen molar-refractivity contribution in [2.24, 2.45) is 17.3 Å². The van der Waals surface area contributed by atoms with Crippen molar-refractivity contribution in [2.75, 3.05) is 0 Å². The van der Waals surface area contributed by atoms with Crippen LogP contribution in [-0.2, 0) is 9.63 Å². The van der Waals surface area contributed by atoms with Gasteiger partial charge in [0.1, 0.15) is 6.04 Å². The molecule has 0 radical (unpaired) electrons. The van der Waals surface area contributed by atoms with Crippen LogP contribution in [-0.4, -0.2) is 23.1 Å². The van der Waals surface area contributed by atoms with E-state index in [0.29, 0.717) is 11.6 Å². The Morgan fingerprint density at radius 3 is 2.62 bits per heavy atom. The molecular formula is C6H15N5O2. The van der Waals surface area contributed by atoms with Gasteiger partial charge in [-0.15, -0.1) is 5.17 Å². The number of guanidine groups is 1. The lowest BCUT2D eigenvalue weighted by Crippen LogP contribution is -2.46. The molecule has 0 aliphatic carbocycles. The molecule has 0 heterocycles. The van der Waals surface area contributed by atoms with Gasteiger partial charge in [-0.3, -0.25) is 5.41 Å². The maximum Gasteiger partial charge on any atom is 0.350 e. The van der Waals surface area contributed by atoms with Crippen LogP contribution >= 0.6 is 0 Å². The number of rotatable bonds is 3. The third kappa shape index (κ3) is 4.28. The Balaban J connectivity index is 3.92. The van der Waals surface area contributed by atoms with E-state index in [1.54, 1.807) is 0 Å². The zero-order valence-corrected chi connectivity index (χ0v) is 7.49. The van der Waals surface area contributed by atoms with E-state index in [2.05, 4.69) is 4.84 Å². The van der Waals surface area contributed by atoms with Crippen LogP contribution in [0.15, 0.2) is 0 Å². The van der Waals surface area contributed by atoms with Crippen LogP contribution in [0.3, 0.4) is 0 Å². The molecular weight excluding hydrogens is 174 g/mol.